The van der Waals surface area contributed by atoms with E-state index >= 15 is 0 Å². The predicted octanol–water partition coefficient (Wildman–Crippen LogP) is -0.440. The number of phenolic OH excluding ortho intramolecular Hbond substituents is 1. The molecule has 1 aliphatic rings. The van der Waals surface area contributed by atoms with Crippen molar-refractivity contribution in [2.75, 3.05) is 13.1 Å². The fraction of sp³-hybridized carbons (Fsp3) is 0.424. The van der Waals surface area contributed by atoms with Crippen molar-refractivity contribution < 1.29 is 62.6 Å². The predicted molar refractivity (Wildman–Crippen MR) is 341 cm³/mol. The molecule has 5 rings (SSSR count). The topological polar surface area (TPSA) is 429 Å². The highest BCUT2D eigenvalue weighted by molar-refractivity contribution is 5.99. The number of hydrogen-bond donors (Lipinski definition) is 13. The zero-order chi connectivity index (χ0) is 67.4. The Morgan fingerprint density at radius 2 is 1.02 bits per heavy atom. The highest BCUT2D eigenvalue weighted by Crippen LogP contribution is 2.22. The zero-order valence-electron chi connectivity index (χ0n) is 52.1. The van der Waals surface area contributed by atoms with Crippen LogP contribution in [0.5, 0.6) is 5.75 Å². The molecule has 4 aromatic rings. The van der Waals surface area contributed by atoms with Gasteiger partial charge in [-0.3, -0.25) is 52.7 Å². The Morgan fingerprint density at radius 1 is 0.565 bits per heavy atom. The summed E-state index contributed by atoms with van der Waals surface area (Å²) in [5, 5.41) is 31.4. The van der Waals surface area contributed by atoms with Gasteiger partial charge >= 0.3 is 0 Å². The number of carbonyl (C=O) groups excluding carboxylic acids is 12. The molecule has 1 fully saturated rings. The minimum absolute atomic E-state index is 0.0334. The lowest BCUT2D eigenvalue weighted by Gasteiger charge is -2.31. The first-order valence-corrected chi connectivity index (χ1v) is 30.6. The Bertz CT molecular complexity index is 3190. The van der Waals surface area contributed by atoms with Crippen LogP contribution in [0.25, 0.3) is 0 Å². The molecule has 0 radical (unpaired) electrons. The van der Waals surface area contributed by atoms with Gasteiger partial charge in [-0.15, -0.1) is 0 Å². The van der Waals surface area contributed by atoms with Crippen LogP contribution in [0.15, 0.2) is 127 Å². The largest absolute Gasteiger partial charge is 0.508 e. The zero-order valence-corrected chi connectivity index (χ0v) is 52.1. The van der Waals surface area contributed by atoms with Crippen molar-refractivity contribution in [3.63, 3.8) is 0 Å². The number of rotatable bonds is 37. The number of hydrogen-bond acceptors (Lipinski definition) is 15. The third kappa shape index (κ3) is 23.8. The van der Waals surface area contributed by atoms with Gasteiger partial charge < -0.3 is 80.3 Å². The van der Waals surface area contributed by atoms with Gasteiger partial charge in [-0.25, -0.2) is 0 Å². The van der Waals surface area contributed by atoms with E-state index in [1.165, 1.54) is 36.1 Å². The molecule has 92 heavy (non-hydrogen) atoms. The maximum Gasteiger partial charge on any atom is 0.247 e. The number of primary amides is 2. The Hall–Kier alpha value is -9.82. The Kier molecular flexibility index (Phi) is 29.1. The van der Waals surface area contributed by atoms with Crippen LogP contribution in [0.1, 0.15) is 94.4 Å². The van der Waals surface area contributed by atoms with Crippen molar-refractivity contribution in [1.29, 1.82) is 0 Å². The number of aromatic hydroxyl groups is 1. The number of carbonyl (C=O) groups is 12. The van der Waals surface area contributed by atoms with Gasteiger partial charge in [0.2, 0.25) is 65.0 Å². The van der Waals surface area contributed by atoms with Crippen molar-refractivity contribution in [1.82, 2.24) is 47.4 Å². The standard InChI is InChI=1S/C66H87N13O13/c1-39(2)32-50(62(88)77-53(36-43-20-12-7-13-21-43)66(92)79-31-15-23-54(79)64(90)76-51(34-42-18-10-6-11-19-42)61(87)71-45(38-80)33-41-16-8-5-9-17-41)74-59(85)48(22-14-30-67)73-65(91)57(40(3)4)78-63(89)52(35-44-24-26-46(81)27-25-44)75-60(86)49(28-29-55(69)82)72-58(84)47(68)37-56(70)83/h5-13,16-21,24-27,38-39,45,47-54,57,81H,3,14-15,22-23,28-37,67-68H2,1-2,4H3,(H2,69,82)(H2,70,83)(H,71,87)(H,72,84)(H,73,91)(H,74,85)(H,75,86)(H,76,90)(H,77,88)(H,78,89)/t45-,47+,48+,49+,50+,51+,52+,53-,54+,57+/m1/s1. The minimum atomic E-state index is -1.57. The van der Waals surface area contributed by atoms with Gasteiger partial charge in [0, 0.05) is 32.2 Å². The van der Waals surface area contributed by atoms with Crippen LogP contribution >= 0.6 is 0 Å². The summed E-state index contributed by atoms with van der Waals surface area (Å²) in [6.07, 6.45) is 0.0682. The van der Waals surface area contributed by atoms with E-state index in [2.05, 4.69) is 49.1 Å². The van der Waals surface area contributed by atoms with E-state index < -0.39 is 138 Å². The van der Waals surface area contributed by atoms with Gasteiger partial charge in [0.25, 0.3) is 0 Å². The SMILES string of the molecule is C=C(C)[C@H](NC(=O)[C@H](Cc1ccc(O)cc1)NC(=O)[C@H](CCC(N)=O)NC(=O)[C@@H](N)CC(N)=O)C(=O)N[C@@H](CCCN)C(=O)N[C@@H](CC(C)C)C(=O)N[C@H](Cc1ccccc1)C(=O)N1CCC[C@H]1C(=O)N[C@@H](Cc1ccccc1)C(=O)N[C@@H](C=O)Cc1ccccc1. The molecular weight excluding hydrogens is 1180 g/mol. The van der Waals surface area contributed by atoms with Crippen LogP contribution < -0.4 is 65.5 Å². The van der Waals surface area contributed by atoms with Crippen LogP contribution in [-0.4, -0.2) is 155 Å². The normalized spacial score (nSPS) is 15.6. The molecule has 11 amide bonds. The first kappa shape index (κ1) is 72.9. The minimum Gasteiger partial charge on any atom is -0.508 e. The Morgan fingerprint density at radius 3 is 1.54 bits per heavy atom. The second-order valence-corrected chi connectivity index (χ2v) is 23.4. The van der Waals surface area contributed by atoms with Crippen LogP contribution in [0.3, 0.4) is 0 Å². The molecule has 1 heterocycles. The lowest BCUT2D eigenvalue weighted by atomic mass is 9.99. The second-order valence-electron chi connectivity index (χ2n) is 23.4. The molecule has 26 heteroatoms. The van der Waals surface area contributed by atoms with Crippen molar-refractivity contribution in [2.24, 2.45) is 28.9 Å². The fourth-order valence-corrected chi connectivity index (χ4v) is 10.4. The van der Waals surface area contributed by atoms with Crippen LogP contribution in [0, 0.1) is 5.92 Å². The summed E-state index contributed by atoms with van der Waals surface area (Å²) < 4.78 is 0. The number of benzene rings is 4. The summed E-state index contributed by atoms with van der Waals surface area (Å²) in [5.74, 6) is -9.37. The summed E-state index contributed by atoms with van der Waals surface area (Å²) >= 11 is 0. The third-order valence-corrected chi connectivity index (χ3v) is 15.2. The fourth-order valence-electron chi connectivity index (χ4n) is 10.4. The monoisotopic (exact) mass is 1270 g/mol. The number of nitrogens with two attached hydrogens (primary N) is 4. The maximum atomic E-state index is 15.0. The molecule has 494 valence electrons. The average molecular weight is 1270 g/mol. The van der Waals surface area contributed by atoms with Gasteiger partial charge in [0.1, 0.15) is 60.4 Å². The highest BCUT2D eigenvalue weighted by atomic mass is 16.3. The number of aldehydes is 1. The molecule has 4 aromatic carbocycles. The average Bonchev–Trinajstić information content (AvgIpc) is 1.63. The highest BCUT2D eigenvalue weighted by Gasteiger charge is 2.41. The number of nitrogens with zero attached hydrogens (tertiary/aromatic N) is 1. The molecular formula is C66H87N13O13. The molecule has 26 nitrogen and oxygen atoms in total. The molecule has 0 spiro atoms. The van der Waals surface area contributed by atoms with Crippen LogP contribution in [-0.2, 0) is 83.2 Å². The molecule has 1 saturated heterocycles. The summed E-state index contributed by atoms with van der Waals surface area (Å²) in [4.78, 5) is 166. The first-order valence-electron chi connectivity index (χ1n) is 30.6. The van der Waals surface area contributed by atoms with Gasteiger partial charge in [-0.2, -0.15) is 0 Å². The van der Waals surface area contributed by atoms with Crippen LogP contribution in [0.4, 0.5) is 0 Å². The molecule has 0 aliphatic carbocycles. The lowest BCUT2D eigenvalue weighted by molar-refractivity contribution is -0.142. The van der Waals surface area contributed by atoms with Crippen molar-refractivity contribution in [3.8, 4) is 5.75 Å². The maximum absolute atomic E-state index is 15.0. The Balaban J connectivity index is 1.36. The van der Waals surface area contributed by atoms with Gasteiger partial charge in [-0.1, -0.05) is 124 Å². The molecule has 17 N–H and O–H groups in total. The number of likely N-dealkylation sites (tertiary alicyclic amines) is 1. The summed E-state index contributed by atoms with van der Waals surface area (Å²) in [7, 11) is 0. The van der Waals surface area contributed by atoms with Crippen molar-refractivity contribution >= 4 is 71.3 Å². The summed E-state index contributed by atoms with van der Waals surface area (Å²) in [6.45, 7) is 9.13. The van der Waals surface area contributed by atoms with Gasteiger partial charge in [-0.05, 0) is 104 Å². The molecule has 0 aromatic heterocycles. The number of amides is 11. The van der Waals surface area contributed by atoms with E-state index in [4.69, 9.17) is 22.9 Å². The van der Waals surface area contributed by atoms with E-state index in [-0.39, 0.29) is 88.1 Å². The van der Waals surface area contributed by atoms with Gasteiger partial charge in [0.15, 0.2) is 0 Å². The first-order chi connectivity index (χ1) is 43.8. The van der Waals surface area contributed by atoms with Crippen LogP contribution in [0.2, 0.25) is 0 Å². The molecule has 0 bridgehead atoms. The number of phenols is 1. The van der Waals surface area contributed by atoms with Crippen molar-refractivity contribution in [2.45, 2.75) is 158 Å². The Labute approximate surface area is 534 Å². The van der Waals surface area contributed by atoms with E-state index in [0.717, 1.165) is 11.1 Å². The van der Waals surface area contributed by atoms with E-state index in [9.17, 15) is 62.6 Å². The van der Waals surface area contributed by atoms with E-state index in [0.29, 0.717) is 23.8 Å². The number of nitrogens with one attached hydrogen (secondary N) is 8. The van der Waals surface area contributed by atoms with E-state index in [1.54, 1.807) is 54.6 Å². The van der Waals surface area contributed by atoms with E-state index in [1.807, 2.05) is 50.2 Å². The molecule has 10 atom stereocenters. The lowest BCUT2D eigenvalue weighted by Crippen LogP contribution is -2.61. The smallest absolute Gasteiger partial charge is 0.247 e. The summed E-state index contributed by atoms with van der Waals surface area (Å²) in [6, 6.07) is 19.3. The summed E-state index contributed by atoms with van der Waals surface area (Å²) in [5.41, 5.74) is 25.0. The third-order valence-electron chi connectivity index (χ3n) is 15.2. The second kappa shape index (κ2) is 36.7. The van der Waals surface area contributed by atoms with Gasteiger partial charge in [0.05, 0.1) is 18.5 Å². The molecule has 0 saturated carbocycles. The quantitative estimate of drug-likeness (QED) is 0.0201. The molecule has 0 unspecified atom stereocenters. The van der Waals surface area contributed by atoms with Crippen molar-refractivity contribution in [3.05, 3.63) is 150 Å². The molecule has 1 aliphatic heterocycles.